The zero-order valence-electron chi connectivity index (χ0n) is 16.7. The molecule has 0 saturated carbocycles. The number of nitrogens with two attached hydrogens (primary N) is 1. The molecule has 0 atom stereocenters. The van der Waals surface area contributed by atoms with E-state index in [-0.39, 0.29) is 36.9 Å². The molecule has 30 heavy (non-hydrogen) atoms. The highest BCUT2D eigenvalue weighted by atomic mass is 16.6. The predicted molar refractivity (Wildman–Crippen MR) is 112 cm³/mol. The third-order valence-electron chi connectivity index (χ3n) is 4.22. The fourth-order valence-electron chi connectivity index (χ4n) is 2.80. The number of carbonyl (C=O) groups excluding carboxylic acids is 1. The first-order chi connectivity index (χ1) is 14.3. The van der Waals surface area contributed by atoms with Gasteiger partial charge in [0.25, 0.3) is 17.2 Å². The Kier molecular flexibility index (Phi) is 7.64. The van der Waals surface area contributed by atoms with Gasteiger partial charge in [-0.05, 0) is 18.1 Å². The van der Waals surface area contributed by atoms with Crippen LogP contribution in [0.5, 0.6) is 0 Å². The SMILES string of the molecule is CCCn1c(N)c(N(CCOC)C(=O)/C=C/c2cccc([N+](=O)[O-])c2)c(=O)[nH]c1=O. The summed E-state index contributed by atoms with van der Waals surface area (Å²) in [5.74, 6) is -0.726. The molecule has 0 saturated heterocycles. The molecule has 0 aliphatic carbocycles. The van der Waals surface area contributed by atoms with Gasteiger partial charge in [-0.15, -0.1) is 0 Å². The number of nitrogens with zero attached hydrogens (tertiary/aromatic N) is 3. The molecule has 160 valence electrons. The number of nitro groups is 1. The van der Waals surface area contributed by atoms with Crippen molar-refractivity contribution in [2.24, 2.45) is 0 Å². The highest BCUT2D eigenvalue weighted by Gasteiger charge is 2.22. The number of benzene rings is 1. The lowest BCUT2D eigenvalue weighted by molar-refractivity contribution is -0.384. The number of rotatable bonds is 9. The van der Waals surface area contributed by atoms with Crippen molar-refractivity contribution in [2.45, 2.75) is 19.9 Å². The number of nitrogen functional groups attached to an aromatic ring is 1. The number of H-pyrrole nitrogens is 1. The summed E-state index contributed by atoms with van der Waals surface area (Å²) in [5.41, 5.74) is 4.76. The van der Waals surface area contributed by atoms with Crippen molar-refractivity contribution in [2.75, 3.05) is 30.9 Å². The molecule has 0 radical (unpaired) electrons. The van der Waals surface area contributed by atoms with Gasteiger partial charge >= 0.3 is 5.69 Å². The molecular formula is C19H23N5O6. The van der Waals surface area contributed by atoms with E-state index in [2.05, 4.69) is 4.98 Å². The summed E-state index contributed by atoms with van der Waals surface area (Å²) in [6.07, 6.45) is 3.15. The molecule has 1 aromatic carbocycles. The van der Waals surface area contributed by atoms with E-state index in [1.54, 1.807) is 6.07 Å². The van der Waals surface area contributed by atoms with E-state index in [1.807, 2.05) is 6.92 Å². The van der Waals surface area contributed by atoms with E-state index in [0.717, 1.165) is 4.90 Å². The maximum atomic E-state index is 12.9. The molecule has 2 aromatic rings. The van der Waals surface area contributed by atoms with Gasteiger partial charge in [-0.3, -0.25) is 34.2 Å². The maximum absolute atomic E-state index is 12.9. The van der Waals surface area contributed by atoms with E-state index >= 15 is 0 Å². The molecule has 0 bridgehead atoms. The van der Waals surface area contributed by atoms with Gasteiger partial charge in [0.05, 0.1) is 11.5 Å². The van der Waals surface area contributed by atoms with Crippen molar-refractivity contribution in [3.8, 4) is 0 Å². The summed E-state index contributed by atoms with van der Waals surface area (Å²) >= 11 is 0. The molecule has 0 fully saturated rings. The molecule has 0 spiro atoms. The monoisotopic (exact) mass is 417 g/mol. The quantitative estimate of drug-likeness (QED) is 0.352. The van der Waals surface area contributed by atoms with Crippen LogP contribution in [0.2, 0.25) is 0 Å². The summed E-state index contributed by atoms with van der Waals surface area (Å²) in [7, 11) is 1.44. The maximum Gasteiger partial charge on any atom is 0.330 e. The number of carbonyl (C=O) groups is 1. The Bertz CT molecular complexity index is 1070. The smallest absolute Gasteiger partial charge is 0.330 e. The minimum Gasteiger partial charge on any atom is -0.383 e. The first kappa shape index (κ1) is 22.6. The molecule has 0 aliphatic rings. The Morgan fingerprint density at radius 3 is 2.77 bits per heavy atom. The third kappa shape index (κ3) is 5.20. The summed E-state index contributed by atoms with van der Waals surface area (Å²) in [4.78, 5) is 51.0. The van der Waals surface area contributed by atoms with E-state index in [0.29, 0.717) is 12.0 Å². The molecule has 3 N–H and O–H groups in total. The van der Waals surface area contributed by atoms with Gasteiger partial charge in [-0.25, -0.2) is 4.79 Å². The standard InChI is InChI=1S/C19H23N5O6/c1-3-9-23-17(20)16(18(26)21-19(23)27)22(10-11-30-2)15(25)8-7-13-5-4-6-14(12-13)24(28)29/h4-8,12H,3,9-11,20H2,1-2H3,(H,21,26,27)/b8-7+. The fraction of sp³-hybridized carbons (Fsp3) is 0.316. The predicted octanol–water partition coefficient (Wildman–Crippen LogP) is 1.13. The second-order valence-corrected chi connectivity index (χ2v) is 6.31. The molecule has 2 rings (SSSR count). The van der Waals surface area contributed by atoms with Crippen LogP contribution >= 0.6 is 0 Å². The zero-order chi connectivity index (χ0) is 22.3. The number of non-ortho nitro benzene ring substituents is 1. The van der Waals surface area contributed by atoms with Gasteiger partial charge < -0.3 is 10.5 Å². The summed E-state index contributed by atoms with van der Waals surface area (Å²) < 4.78 is 6.20. The number of nitrogens with one attached hydrogen (secondary N) is 1. The number of hydrogen-bond donors (Lipinski definition) is 2. The van der Waals surface area contributed by atoms with Crippen molar-refractivity contribution < 1.29 is 14.5 Å². The number of nitro benzene ring substituents is 1. The number of hydrogen-bond acceptors (Lipinski definition) is 7. The van der Waals surface area contributed by atoms with Crippen LogP contribution < -0.4 is 21.9 Å². The lowest BCUT2D eigenvalue weighted by Gasteiger charge is -2.23. The van der Waals surface area contributed by atoms with E-state index < -0.39 is 22.1 Å². The van der Waals surface area contributed by atoms with Crippen LogP contribution in [0, 0.1) is 10.1 Å². The Morgan fingerprint density at radius 2 is 2.13 bits per heavy atom. The number of ether oxygens (including phenoxy) is 1. The van der Waals surface area contributed by atoms with Gasteiger partial charge in [0.15, 0.2) is 5.69 Å². The normalized spacial score (nSPS) is 11.0. The van der Waals surface area contributed by atoms with Crippen LogP contribution in [0.4, 0.5) is 17.2 Å². The van der Waals surface area contributed by atoms with Crippen molar-refractivity contribution in [3.63, 3.8) is 0 Å². The molecule has 11 nitrogen and oxygen atoms in total. The largest absolute Gasteiger partial charge is 0.383 e. The average Bonchev–Trinajstić information content (AvgIpc) is 2.71. The van der Waals surface area contributed by atoms with Crippen molar-refractivity contribution in [3.05, 3.63) is 66.9 Å². The number of amides is 1. The van der Waals surface area contributed by atoms with Gasteiger partial charge in [-0.1, -0.05) is 19.1 Å². The lowest BCUT2D eigenvalue weighted by atomic mass is 10.2. The highest BCUT2D eigenvalue weighted by Crippen LogP contribution is 2.18. The number of methoxy groups -OCH3 is 1. The molecule has 0 aliphatic heterocycles. The molecule has 0 unspecified atom stereocenters. The second kappa shape index (κ2) is 10.2. The van der Waals surface area contributed by atoms with Crippen molar-refractivity contribution in [1.29, 1.82) is 0 Å². The van der Waals surface area contributed by atoms with E-state index in [4.69, 9.17) is 10.5 Å². The minimum absolute atomic E-state index is 0.00617. The first-order valence-electron chi connectivity index (χ1n) is 9.15. The van der Waals surface area contributed by atoms with Crippen LogP contribution in [0.25, 0.3) is 6.08 Å². The van der Waals surface area contributed by atoms with Crippen molar-refractivity contribution in [1.82, 2.24) is 9.55 Å². The summed E-state index contributed by atoms with van der Waals surface area (Å²) in [6, 6.07) is 5.74. The third-order valence-corrected chi connectivity index (χ3v) is 4.22. The first-order valence-corrected chi connectivity index (χ1v) is 9.15. The van der Waals surface area contributed by atoms with E-state index in [9.17, 15) is 24.5 Å². The van der Waals surface area contributed by atoms with Crippen molar-refractivity contribution >= 4 is 29.2 Å². The van der Waals surface area contributed by atoms with Crippen LogP contribution in [0.15, 0.2) is 39.9 Å². The number of aromatic nitrogens is 2. The lowest BCUT2D eigenvalue weighted by Crippen LogP contribution is -2.42. The summed E-state index contributed by atoms with van der Waals surface area (Å²) in [6.45, 7) is 2.23. The fourth-order valence-corrected chi connectivity index (χ4v) is 2.80. The van der Waals surface area contributed by atoms with Crippen LogP contribution in [-0.4, -0.2) is 40.6 Å². The highest BCUT2D eigenvalue weighted by molar-refractivity contribution is 6.05. The molecule has 1 aromatic heterocycles. The van der Waals surface area contributed by atoms with Gasteiger partial charge in [0, 0.05) is 38.4 Å². The minimum atomic E-state index is -0.793. The van der Waals surface area contributed by atoms with Crippen LogP contribution in [-0.2, 0) is 16.1 Å². The Labute approximate surface area is 171 Å². The molecule has 1 amide bonds. The summed E-state index contributed by atoms with van der Waals surface area (Å²) in [5, 5.41) is 10.9. The van der Waals surface area contributed by atoms with Crippen LogP contribution in [0.1, 0.15) is 18.9 Å². The van der Waals surface area contributed by atoms with Gasteiger partial charge in [0.1, 0.15) is 5.82 Å². The Morgan fingerprint density at radius 1 is 1.40 bits per heavy atom. The van der Waals surface area contributed by atoms with Gasteiger partial charge in [0.2, 0.25) is 0 Å². The molecule has 1 heterocycles. The Hall–Kier alpha value is -3.73. The average molecular weight is 417 g/mol. The van der Waals surface area contributed by atoms with Gasteiger partial charge in [-0.2, -0.15) is 0 Å². The number of anilines is 2. The number of aromatic amines is 1. The Balaban J connectivity index is 2.45. The topological polar surface area (TPSA) is 154 Å². The molecular weight excluding hydrogens is 394 g/mol. The van der Waals surface area contributed by atoms with E-state index in [1.165, 1.54) is 42.0 Å². The second-order valence-electron chi connectivity index (χ2n) is 6.31. The zero-order valence-corrected chi connectivity index (χ0v) is 16.7. The molecule has 11 heteroatoms. The van der Waals surface area contributed by atoms with Crippen LogP contribution in [0.3, 0.4) is 0 Å².